The SMILES string of the molecule is CC(C)(C)c1cc(C(C)(C)C)c(C(=S)S)c(C(C)(C)C)c1. The summed E-state index contributed by atoms with van der Waals surface area (Å²) in [5.41, 5.74) is 5.34. The summed E-state index contributed by atoms with van der Waals surface area (Å²) in [6, 6.07) is 4.65. The van der Waals surface area contributed by atoms with Gasteiger partial charge < -0.3 is 0 Å². The molecule has 0 amide bonds. The topological polar surface area (TPSA) is 0 Å². The summed E-state index contributed by atoms with van der Waals surface area (Å²) in [4.78, 5) is 0. The van der Waals surface area contributed by atoms with E-state index in [0.29, 0.717) is 4.20 Å². The van der Waals surface area contributed by atoms with Crippen LogP contribution in [0.4, 0.5) is 0 Å². The Morgan fingerprint density at radius 2 is 1.10 bits per heavy atom. The quantitative estimate of drug-likeness (QED) is 0.475. The van der Waals surface area contributed by atoms with Crippen molar-refractivity contribution in [3.63, 3.8) is 0 Å². The minimum atomic E-state index is 0.0450. The lowest BCUT2D eigenvalue weighted by Crippen LogP contribution is -2.25. The number of benzene rings is 1. The Morgan fingerprint density at radius 3 is 1.29 bits per heavy atom. The molecule has 0 fully saturated rings. The number of hydrogen-bond acceptors (Lipinski definition) is 1. The Morgan fingerprint density at radius 1 is 0.762 bits per heavy atom. The summed E-state index contributed by atoms with van der Waals surface area (Å²) in [6.45, 7) is 20.3. The average molecular weight is 323 g/mol. The van der Waals surface area contributed by atoms with Crippen LogP contribution in [-0.4, -0.2) is 4.20 Å². The van der Waals surface area contributed by atoms with Gasteiger partial charge >= 0.3 is 0 Å². The molecule has 0 atom stereocenters. The summed E-state index contributed by atoms with van der Waals surface area (Å²) in [7, 11) is 0. The second kappa shape index (κ2) is 5.70. The molecule has 0 aliphatic heterocycles. The van der Waals surface area contributed by atoms with E-state index in [2.05, 4.69) is 87.1 Å². The van der Waals surface area contributed by atoms with E-state index < -0.39 is 0 Å². The Labute approximate surface area is 142 Å². The molecule has 118 valence electrons. The van der Waals surface area contributed by atoms with Crippen molar-refractivity contribution in [3.05, 3.63) is 34.4 Å². The molecule has 0 heterocycles. The van der Waals surface area contributed by atoms with Crippen LogP contribution >= 0.6 is 24.8 Å². The molecular formula is C19H30S2. The molecular weight excluding hydrogens is 292 g/mol. The number of thiocarbonyl (C=S) groups is 1. The minimum Gasteiger partial charge on any atom is -0.131 e. The summed E-state index contributed by atoms with van der Waals surface area (Å²) >= 11 is 10.0. The van der Waals surface area contributed by atoms with Gasteiger partial charge in [-0.05, 0) is 32.9 Å². The van der Waals surface area contributed by atoms with Crippen molar-refractivity contribution in [2.24, 2.45) is 0 Å². The fourth-order valence-electron chi connectivity index (χ4n) is 2.49. The van der Waals surface area contributed by atoms with E-state index in [4.69, 9.17) is 12.2 Å². The first-order chi connectivity index (χ1) is 9.15. The largest absolute Gasteiger partial charge is 0.131 e. The molecule has 0 N–H and O–H groups in total. The summed E-state index contributed by atoms with van der Waals surface area (Å²) < 4.78 is 0.699. The normalized spacial score (nSPS) is 13.4. The number of thiol groups is 1. The van der Waals surface area contributed by atoms with Crippen LogP contribution in [0.2, 0.25) is 0 Å². The van der Waals surface area contributed by atoms with Crippen LogP contribution in [0.25, 0.3) is 0 Å². The third kappa shape index (κ3) is 4.32. The zero-order valence-electron chi connectivity index (χ0n) is 15.0. The van der Waals surface area contributed by atoms with Gasteiger partial charge in [-0.1, -0.05) is 86.7 Å². The molecule has 2 heteroatoms. The molecule has 0 bridgehead atoms. The third-order valence-corrected chi connectivity index (χ3v) is 4.26. The highest BCUT2D eigenvalue weighted by Crippen LogP contribution is 2.39. The fraction of sp³-hybridized carbons (Fsp3) is 0.632. The summed E-state index contributed by atoms with van der Waals surface area (Å²) in [5.74, 6) is 0. The fourth-order valence-corrected chi connectivity index (χ4v) is 2.95. The molecule has 0 aromatic heterocycles. The highest BCUT2D eigenvalue weighted by molar-refractivity contribution is 8.11. The van der Waals surface area contributed by atoms with Gasteiger partial charge in [-0.15, -0.1) is 12.6 Å². The van der Waals surface area contributed by atoms with Gasteiger partial charge in [-0.25, -0.2) is 0 Å². The van der Waals surface area contributed by atoms with Gasteiger partial charge in [0, 0.05) is 5.56 Å². The maximum absolute atomic E-state index is 5.48. The molecule has 0 aliphatic rings. The smallest absolute Gasteiger partial charge is 0.0753 e. The highest BCUT2D eigenvalue weighted by Gasteiger charge is 2.29. The maximum Gasteiger partial charge on any atom is 0.0753 e. The Hall–Kier alpha value is -0.340. The van der Waals surface area contributed by atoms with Crippen LogP contribution in [-0.2, 0) is 16.2 Å². The first-order valence-corrected chi connectivity index (χ1v) is 8.44. The predicted molar refractivity (Wildman–Crippen MR) is 103 cm³/mol. The van der Waals surface area contributed by atoms with Crippen LogP contribution in [0.1, 0.15) is 84.6 Å². The van der Waals surface area contributed by atoms with Crippen molar-refractivity contribution in [1.29, 1.82) is 0 Å². The summed E-state index contributed by atoms with van der Waals surface area (Å²) in [5, 5.41) is 0. The van der Waals surface area contributed by atoms with Crippen LogP contribution in [0.15, 0.2) is 12.1 Å². The monoisotopic (exact) mass is 322 g/mol. The van der Waals surface area contributed by atoms with Crippen molar-refractivity contribution in [3.8, 4) is 0 Å². The second-order valence-electron chi connectivity index (χ2n) is 9.00. The van der Waals surface area contributed by atoms with E-state index in [-0.39, 0.29) is 16.2 Å². The first kappa shape index (κ1) is 18.7. The lowest BCUT2D eigenvalue weighted by Gasteiger charge is -2.33. The van der Waals surface area contributed by atoms with Gasteiger partial charge in [0.25, 0.3) is 0 Å². The lowest BCUT2D eigenvalue weighted by molar-refractivity contribution is 0.547. The standard InChI is InChI=1S/C19H30S2/c1-17(2,3)12-10-13(18(4,5)6)15(16(20)21)14(11-12)19(7,8)9/h10-11H,1-9H3,(H,20,21). The zero-order chi connectivity index (χ0) is 16.8. The maximum atomic E-state index is 5.48. The summed E-state index contributed by atoms with van der Waals surface area (Å²) in [6.07, 6.45) is 0. The average Bonchev–Trinajstić information content (AvgIpc) is 2.23. The van der Waals surface area contributed by atoms with Crippen LogP contribution < -0.4 is 0 Å². The molecule has 1 aromatic carbocycles. The molecule has 0 saturated carbocycles. The van der Waals surface area contributed by atoms with Crippen LogP contribution in [0.5, 0.6) is 0 Å². The molecule has 0 saturated heterocycles. The van der Waals surface area contributed by atoms with Gasteiger partial charge in [0.15, 0.2) is 0 Å². The molecule has 1 aromatic rings. The van der Waals surface area contributed by atoms with Gasteiger partial charge in [-0.2, -0.15) is 0 Å². The van der Waals surface area contributed by atoms with E-state index in [0.717, 1.165) is 5.56 Å². The van der Waals surface area contributed by atoms with E-state index >= 15 is 0 Å². The molecule has 0 unspecified atom stereocenters. The third-order valence-electron chi connectivity index (χ3n) is 3.83. The van der Waals surface area contributed by atoms with E-state index in [1.54, 1.807) is 0 Å². The molecule has 1 rings (SSSR count). The minimum absolute atomic E-state index is 0.0450. The van der Waals surface area contributed by atoms with Crippen molar-refractivity contribution >= 4 is 29.0 Å². The Balaban J connectivity index is 3.89. The number of hydrogen-bond donors (Lipinski definition) is 1. The van der Waals surface area contributed by atoms with Crippen LogP contribution in [0.3, 0.4) is 0 Å². The highest BCUT2D eigenvalue weighted by atomic mass is 32.1. The molecule has 0 nitrogen and oxygen atoms in total. The zero-order valence-corrected chi connectivity index (χ0v) is 16.7. The van der Waals surface area contributed by atoms with Gasteiger partial charge in [0.05, 0.1) is 4.20 Å². The van der Waals surface area contributed by atoms with E-state index in [9.17, 15) is 0 Å². The Bertz CT molecular complexity index is 511. The van der Waals surface area contributed by atoms with Crippen molar-refractivity contribution in [2.75, 3.05) is 0 Å². The Kier molecular flexibility index (Phi) is 5.08. The van der Waals surface area contributed by atoms with Gasteiger partial charge in [0.2, 0.25) is 0 Å². The van der Waals surface area contributed by atoms with E-state index in [1.165, 1.54) is 16.7 Å². The predicted octanol–water partition coefficient (Wildman–Crippen LogP) is 6.18. The van der Waals surface area contributed by atoms with Crippen molar-refractivity contribution in [1.82, 2.24) is 0 Å². The van der Waals surface area contributed by atoms with E-state index in [1.807, 2.05) is 0 Å². The lowest BCUT2D eigenvalue weighted by atomic mass is 9.72. The molecule has 21 heavy (non-hydrogen) atoms. The van der Waals surface area contributed by atoms with Gasteiger partial charge in [0.1, 0.15) is 0 Å². The molecule has 0 radical (unpaired) electrons. The number of rotatable bonds is 1. The van der Waals surface area contributed by atoms with Gasteiger partial charge in [-0.3, -0.25) is 0 Å². The first-order valence-electron chi connectivity index (χ1n) is 7.58. The van der Waals surface area contributed by atoms with Crippen LogP contribution in [0, 0.1) is 0 Å². The molecule has 0 spiro atoms. The second-order valence-corrected chi connectivity index (χ2v) is 10.2. The van der Waals surface area contributed by atoms with Crippen molar-refractivity contribution < 1.29 is 0 Å². The van der Waals surface area contributed by atoms with Crippen molar-refractivity contribution in [2.45, 2.75) is 78.6 Å². The molecule has 0 aliphatic carbocycles.